The number of esters is 1. The third-order valence-corrected chi connectivity index (χ3v) is 8.92. The van der Waals surface area contributed by atoms with Crippen molar-refractivity contribution in [3.63, 3.8) is 0 Å². The molecule has 0 saturated heterocycles. The smallest absolute Gasteiger partial charge is 0.338 e. The van der Waals surface area contributed by atoms with Gasteiger partial charge in [0.05, 0.1) is 46.8 Å². The lowest BCUT2D eigenvalue weighted by molar-refractivity contribution is -0.139. The summed E-state index contributed by atoms with van der Waals surface area (Å²) in [7, 11) is 1.58. The summed E-state index contributed by atoms with van der Waals surface area (Å²) in [5.74, 6) is -0.0752. The van der Waals surface area contributed by atoms with E-state index >= 15 is 0 Å². The van der Waals surface area contributed by atoms with Crippen LogP contribution < -0.4 is 24.5 Å². The number of methoxy groups -OCH3 is 1. The highest BCUT2D eigenvalue weighted by molar-refractivity contribution is 9.10. The van der Waals surface area contributed by atoms with Gasteiger partial charge in [-0.2, -0.15) is 0 Å². The van der Waals surface area contributed by atoms with Crippen LogP contribution in [0.3, 0.4) is 0 Å². The highest BCUT2D eigenvalue weighted by Gasteiger charge is 2.37. The van der Waals surface area contributed by atoms with Gasteiger partial charge in [0.25, 0.3) is 11.5 Å². The van der Waals surface area contributed by atoms with Crippen molar-refractivity contribution in [2.24, 2.45) is 4.99 Å². The summed E-state index contributed by atoms with van der Waals surface area (Å²) in [4.78, 5) is 48.7. The Morgan fingerprint density at radius 3 is 2.56 bits per heavy atom. The van der Waals surface area contributed by atoms with Crippen molar-refractivity contribution in [2.45, 2.75) is 52.5 Å². The number of fused-ring (bicyclic) bond motifs is 2. The van der Waals surface area contributed by atoms with E-state index in [0.29, 0.717) is 54.9 Å². The van der Waals surface area contributed by atoms with Crippen molar-refractivity contribution in [3.05, 3.63) is 89.0 Å². The molecule has 2 aromatic carbocycles. The monoisotopic (exact) mass is 637 g/mol. The molecule has 214 valence electrons. The lowest BCUT2D eigenvalue weighted by Gasteiger charge is -2.26. The zero-order valence-corrected chi connectivity index (χ0v) is 25.9. The Morgan fingerprint density at radius 2 is 1.88 bits per heavy atom. The number of rotatable bonds is 9. The zero-order chi connectivity index (χ0) is 29.3. The van der Waals surface area contributed by atoms with Gasteiger partial charge >= 0.3 is 5.97 Å². The van der Waals surface area contributed by atoms with Crippen LogP contribution in [0.5, 0.6) is 5.75 Å². The summed E-state index contributed by atoms with van der Waals surface area (Å²) < 4.78 is 13.5. The number of unbranched alkanes of at least 4 members (excludes halogenated alkanes) is 1. The zero-order valence-electron chi connectivity index (χ0n) is 23.5. The molecule has 2 aliphatic rings. The van der Waals surface area contributed by atoms with E-state index in [4.69, 9.17) is 14.5 Å². The van der Waals surface area contributed by atoms with Crippen LogP contribution in [0.4, 0.5) is 5.69 Å². The lowest BCUT2D eigenvalue weighted by atomic mass is 9.94. The number of amides is 1. The topological polar surface area (TPSA) is 90.2 Å². The molecule has 41 heavy (non-hydrogen) atoms. The maximum absolute atomic E-state index is 14.4. The molecule has 0 unspecified atom stereocenters. The van der Waals surface area contributed by atoms with Crippen molar-refractivity contribution in [1.29, 1.82) is 0 Å². The number of aromatic nitrogens is 1. The van der Waals surface area contributed by atoms with Crippen molar-refractivity contribution < 1.29 is 19.1 Å². The van der Waals surface area contributed by atoms with Crippen molar-refractivity contribution >= 4 is 50.4 Å². The fourth-order valence-corrected chi connectivity index (χ4v) is 7.05. The summed E-state index contributed by atoms with van der Waals surface area (Å²) in [6.45, 7) is 6.61. The number of carbonyl (C=O) groups excluding carboxylic acids is 2. The van der Waals surface area contributed by atoms with Crippen molar-refractivity contribution in [1.82, 2.24) is 4.57 Å². The fourth-order valence-electron chi connectivity index (χ4n) is 5.38. The SMILES string of the molecule is CCCCN1C(=O)/C(=c2/sc3n(c2=O)[C@@H](c2ccc(OC)c(Br)c2)C(C(=O)OCC)=C(CCC)N=3)c2ccccc21. The van der Waals surface area contributed by atoms with Crippen LogP contribution in [-0.2, 0) is 14.3 Å². The molecular formula is C31H32BrN3O5S. The van der Waals surface area contributed by atoms with Gasteiger partial charge in [0.2, 0.25) is 0 Å². The van der Waals surface area contributed by atoms with Gasteiger partial charge in [-0.25, -0.2) is 9.79 Å². The standard InChI is InChI=1S/C31H32BrN3O5S/c1-5-8-16-34-22-13-10-9-12-19(22)24(28(34)36)27-29(37)35-26(18-14-15-23(39-4)20(32)17-18)25(30(38)40-7-3)21(11-6-2)33-31(35)41-27/h9-10,12-15,17,26H,5-8,11,16H2,1-4H3/b27-24+/t26-/m0/s1. The Kier molecular flexibility index (Phi) is 8.60. The predicted molar refractivity (Wildman–Crippen MR) is 163 cm³/mol. The molecule has 0 aliphatic carbocycles. The average Bonchev–Trinajstić information content (AvgIpc) is 3.43. The Bertz CT molecular complexity index is 1740. The summed E-state index contributed by atoms with van der Waals surface area (Å²) in [6.07, 6.45) is 3.08. The number of ether oxygens (including phenoxy) is 2. The first-order chi connectivity index (χ1) is 19.9. The van der Waals surface area contributed by atoms with Gasteiger partial charge in [0.15, 0.2) is 4.80 Å². The number of hydrogen-bond acceptors (Lipinski definition) is 7. The molecule has 0 N–H and O–H groups in total. The highest BCUT2D eigenvalue weighted by atomic mass is 79.9. The maximum atomic E-state index is 14.4. The Hall–Kier alpha value is -3.50. The summed E-state index contributed by atoms with van der Waals surface area (Å²) in [6, 6.07) is 12.3. The van der Waals surface area contributed by atoms with Crippen LogP contribution in [-0.4, -0.2) is 36.7 Å². The Labute approximate surface area is 250 Å². The molecule has 0 fully saturated rings. The second kappa shape index (κ2) is 12.2. The molecule has 2 aliphatic heterocycles. The normalized spacial score (nSPS) is 17.3. The first kappa shape index (κ1) is 29.0. The van der Waals surface area contributed by atoms with E-state index in [-0.39, 0.29) is 18.1 Å². The first-order valence-corrected chi connectivity index (χ1v) is 15.5. The maximum Gasteiger partial charge on any atom is 0.338 e. The summed E-state index contributed by atoms with van der Waals surface area (Å²) >= 11 is 4.75. The largest absolute Gasteiger partial charge is 0.496 e. The molecule has 3 aromatic rings. The van der Waals surface area contributed by atoms with E-state index in [1.807, 2.05) is 43.3 Å². The van der Waals surface area contributed by atoms with Gasteiger partial charge in [0, 0.05) is 12.1 Å². The molecule has 1 aromatic heterocycles. The van der Waals surface area contributed by atoms with E-state index in [1.165, 1.54) is 15.9 Å². The van der Waals surface area contributed by atoms with E-state index in [1.54, 1.807) is 25.0 Å². The van der Waals surface area contributed by atoms with Crippen LogP contribution in [0.2, 0.25) is 0 Å². The molecular weight excluding hydrogens is 606 g/mol. The minimum Gasteiger partial charge on any atom is -0.496 e. The van der Waals surface area contributed by atoms with Crippen LogP contribution in [0.25, 0.3) is 5.57 Å². The van der Waals surface area contributed by atoms with Gasteiger partial charge in [-0.05, 0) is 59.5 Å². The van der Waals surface area contributed by atoms with Gasteiger partial charge < -0.3 is 14.4 Å². The molecule has 0 radical (unpaired) electrons. The van der Waals surface area contributed by atoms with Gasteiger partial charge in [0.1, 0.15) is 10.3 Å². The lowest BCUT2D eigenvalue weighted by Crippen LogP contribution is -2.41. The number of allylic oxidation sites excluding steroid dienone is 1. The van der Waals surface area contributed by atoms with Crippen molar-refractivity contribution in [3.8, 4) is 5.75 Å². The molecule has 10 heteroatoms. The van der Waals surface area contributed by atoms with Crippen LogP contribution in [0.15, 0.2) is 68.0 Å². The number of para-hydroxylation sites is 1. The number of nitrogens with zero attached hydrogens (tertiary/aromatic N) is 3. The summed E-state index contributed by atoms with van der Waals surface area (Å²) in [5.41, 5.74) is 3.18. The molecule has 8 nitrogen and oxygen atoms in total. The van der Waals surface area contributed by atoms with Gasteiger partial charge in [-0.3, -0.25) is 14.2 Å². The second-order valence-corrected chi connectivity index (χ2v) is 11.7. The van der Waals surface area contributed by atoms with Gasteiger partial charge in [-0.15, -0.1) is 0 Å². The van der Waals surface area contributed by atoms with Crippen molar-refractivity contribution in [2.75, 3.05) is 25.2 Å². The molecule has 0 saturated carbocycles. The number of benzene rings is 2. The number of thiazole rings is 1. The van der Waals surface area contributed by atoms with Crippen LogP contribution in [0, 0.1) is 0 Å². The average molecular weight is 639 g/mol. The molecule has 0 spiro atoms. The minimum absolute atomic E-state index is 0.188. The van der Waals surface area contributed by atoms with E-state index in [2.05, 4.69) is 22.9 Å². The minimum atomic E-state index is -0.786. The quantitative estimate of drug-likeness (QED) is 0.312. The highest BCUT2D eigenvalue weighted by Crippen LogP contribution is 2.37. The molecule has 1 atom stereocenters. The molecule has 5 rings (SSSR count). The van der Waals surface area contributed by atoms with Crippen LogP contribution >= 0.6 is 27.3 Å². The Morgan fingerprint density at radius 1 is 1.10 bits per heavy atom. The number of anilines is 1. The number of halogens is 1. The van der Waals surface area contributed by atoms with Crippen LogP contribution in [0.1, 0.15) is 63.6 Å². The van der Waals surface area contributed by atoms with E-state index in [9.17, 15) is 14.4 Å². The third-order valence-electron chi connectivity index (χ3n) is 7.24. The fraction of sp³-hybridized carbons (Fsp3) is 0.355. The van der Waals surface area contributed by atoms with Gasteiger partial charge in [-0.1, -0.05) is 62.3 Å². The molecule has 3 heterocycles. The second-order valence-electron chi connectivity index (χ2n) is 9.83. The molecule has 0 bridgehead atoms. The summed E-state index contributed by atoms with van der Waals surface area (Å²) in [5, 5.41) is 0. The predicted octanol–water partition coefficient (Wildman–Crippen LogP) is 4.87. The number of hydrogen-bond donors (Lipinski definition) is 0. The van der Waals surface area contributed by atoms with E-state index in [0.717, 1.165) is 30.5 Å². The first-order valence-electron chi connectivity index (χ1n) is 13.8. The van der Waals surface area contributed by atoms with E-state index < -0.39 is 12.0 Å². The third kappa shape index (κ3) is 5.08. The Balaban J connectivity index is 1.82. The molecule has 1 amide bonds. The number of carbonyl (C=O) groups is 2.